The lowest BCUT2D eigenvalue weighted by molar-refractivity contribution is 0.0955. The van der Waals surface area contributed by atoms with Gasteiger partial charge in [-0.1, -0.05) is 15.9 Å². The number of rotatable bonds is 3. The standard InChI is InChI=1S/C13H14BrN3O/c1-3-15-13(18)12-8-16-17(9(12)2)11-6-4-10(14)5-7-11/h4-8H,3H2,1-2H3,(H,15,18). The van der Waals surface area contributed by atoms with Crippen molar-refractivity contribution in [2.75, 3.05) is 6.54 Å². The van der Waals surface area contributed by atoms with Crippen LogP contribution in [0.1, 0.15) is 23.0 Å². The molecule has 0 aliphatic carbocycles. The van der Waals surface area contributed by atoms with Gasteiger partial charge in [-0.2, -0.15) is 5.10 Å². The highest BCUT2D eigenvalue weighted by Gasteiger charge is 2.13. The van der Waals surface area contributed by atoms with Gasteiger partial charge in [0.2, 0.25) is 0 Å². The molecule has 0 radical (unpaired) electrons. The van der Waals surface area contributed by atoms with Gasteiger partial charge in [0.15, 0.2) is 0 Å². The molecule has 0 bridgehead atoms. The van der Waals surface area contributed by atoms with Gasteiger partial charge >= 0.3 is 0 Å². The maximum absolute atomic E-state index is 11.8. The van der Waals surface area contributed by atoms with Gasteiger partial charge in [-0.3, -0.25) is 4.79 Å². The topological polar surface area (TPSA) is 46.9 Å². The third kappa shape index (κ3) is 2.46. The van der Waals surface area contributed by atoms with E-state index < -0.39 is 0 Å². The molecule has 0 unspecified atom stereocenters. The van der Waals surface area contributed by atoms with Crippen LogP contribution in [0.5, 0.6) is 0 Å². The molecule has 0 aliphatic heterocycles. The monoisotopic (exact) mass is 307 g/mol. The van der Waals surface area contributed by atoms with Crippen molar-refractivity contribution in [2.24, 2.45) is 0 Å². The van der Waals surface area contributed by atoms with Crippen LogP contribution in [-0.4, -0.2) is 22.2 Å². The Labute approximate surface area is 114 Å². The number of hydrogen-bond acceptors (Lipinski definition) is 2. The Kier molecular flexibility index (Phi) is 3.81. The predicted molar refractivity (Wildman–Crippen MR) is 74.0 cm³/mol. The average Bonchev–Trinajstić information content (AvgIpc) is 2.73. The summed E-state index contributed by atoms with van der Waals surface area (Å²) in [4.78, 5) is 11.8. The first-order valence-corrected chi connectivity index (χ1v) is 6.51. The molecule has 1 N–H and O–H groups in total. The Morgan fingerprint density at radius 2 is 2.06 bits per heavy atom. The smallest absolute Gasteiger partial charge is 0.254 e. The Morgan fingerprint density at radius 1 is 1.39 bits per heavy atom. The fourth-order valence-corrected chi connectivity index (χ4v) is 2.00. The molecule has 2 rings (SSSR count). The van der Waals surface area contributed by atoms with Crippen molar-refractivity contribution in [1.82, 2.24) is 15.1 Å². The van der Waals surface area contributed by atoms with Gasteiger partial charge in [-0.05, 0) is 38.1 Å². The number of carbonyl (C=O) groups excluding carboxylic acids is 1. The Hall–Kier alpha value is -1.62. The van der Waals surface area contributed by atoms with E-state index in [4.69, 9.17) is 0 Å². The van der Waals surface area contributed by atoms with Crippen LogP contribution in [0, 0.1) is 6.92 Å². The second-order valence-electron chi connectivity index (χ2n) is 3.89. The second-order valence-corrected chi connectivity index (χ2v) is 4.81. The number of benzene rings is 1. The zero-order valence-corrected chi connectivity index (χ0v) is 11.9. The molecule has 5 heteroatoms. The Balaban J connectivity index is 2.36. The second kappa shape index (κ2) is 5.35. The molecule has 0 saturated heterocycles. The van der Waals surface area contributed by atoms with Crippen LogP contribution in [0.15, 0.2) is 34.9 Å². The van der Waals surface area contributed by atoms with Crippen LogP contribution < -0.4 is 5.32 Å². The third-order valence-electron chi connectivity index (χ3n) is 2.66. The lowest BCUT2D eigenvalue weighted by atomic mass is 10.2. The van der Waals surface area contributed by atoms with Gasteiger partial charge in [0.25, 0.3) is 5.91 Å². The van der Waals surface area contributed by atoms with E-state index in [1.807, 2.05) is 38.1 Å². The predicted octanol–water partition coefficient (Wildman–Crippen LogP) is 2.69. The number of halogens is 1. The fourth-order valence-electron chi connectivity index (χ4n) is 1.73. The van der Waals surface area contributed by atoms with E-state index in [0.717, 1.165) is 15.9 Å². The summed E-state index contributed by atoms with van der Waals surface area (Å²) in [5.74, 6) is -0.0849. The van der Waals surface area contributed by atoms with Crippen LogP contribution in [-0.2, 0) is 0 Å². The number of nitrogens with one attached hydrogen (secondary N) is 1. The largest absolute Gasteiger partial charge is 0.352 e. The van der Waals surface area contributed by atoms with E-state index in [1.54, 1.807) is 10.9 Å². The molecule has 1 aromatic heterocycles. The minimum absolute atomic E-state index is 0.0849. The van der Waals surface area contributed by atoms with Crippen LogP contribution in [0.25, 0.3) is 5.69 Å². The SMILES string of the molecule is CCNC(=O)c1cnn(-c2ccc(Br)cc2)c1C. The highest BCUT2D eigenvalue weighted by atomic mass is 79.9. The number of aromatic nitrogens is 2. The lowest BCUT2D eigenvalue weighted by Crippen LogP contribution is -2.23. The van der Waals surface area contributed by atoms with E-state index >= 15 is 0 Å². The van der Waals surface area contributed by atoms with Gasteiger partial charge in [0.1, 0.15) is 0 Å². The van der Waals surface area contributed by atoms with E-state index in [-0.39, 0.29) is 5.91 Å². The van der Waals surface area contributed by atoms with Crippen molar-refractivity contribution in [1.29, 1.82) is 0 Å². The highest BCUT2D eigenvalue weighted by Crippen LogP contribution is 2.17. The molecule has 4 nitrogen and oxygen atoms in total. The highest BCUT2D eigenvalue weighted by molar-refractivity contribution is 9.10. The first-order chi connectivity index (χ1) is 8.63. The van der Waals surface area contributed by atoms with Gasteiger partial charge in [0, 0.05) is 11.0 Å². The molecule has 0 spiro atoms. The zero-order valence-electron chi connectivity index (χ0n) is 10.3. The quantitative estimate of drug-likeness (QED) is 0.947. The molecule has 1 heterocycles. The van der Waals surface area contributed by atoms with Crippen molar-refractivity contribution in [3.05, 3.63) is 46.2 Å². The minimum Gasteiger partial charge on any atom is -0.352 e. The van der Waals surface area contributed by atoms with E-state index in [9.17, 15) is 4.79 Å². The van der Waals surface area contributed by atoms with Gasteiger partial charge in [-0.25, -0.2) is 4.68 Å². The first-order valence-electron chi connectivity index (χ1n) is 5.72. The molecule has 94 valence electrons. The molecule has 0 atom stereocenters. The van der Waals surface area contributed by atoms with Crippen molar-refractivity contribution in [3.8, 4) is 5.69 Å². The van der Waals surface area contributed by atoms with Crippen molar-refractivity contribution in [2.45, 2.75) is 13.8 Å². The van der Waals surface area contributed by atoms with Gasteiger partial charge < -0.3 is 5.32 Å². The molecule has 0 fully saturated rings. The van der Waals surface area contributed by atoms with Crippen molar-refractivity contribution < 1.29 is 4.79 Å². The average molecular weight is 308 g/mol. The molecule has 0 saturated carbocycles. The molecule has 18 heavy (non-hydrogen) atoms. The van der Waals surface area contributed by atoms with Crippen LogP contribution in [0.4, 0.5) is 0 Å². The maximum atomic E-state index is 11.8. The molecule has 1 aromatic carbocycles. The van der Waals surface area contributed by atoms with E-state index in [0.29, 0.717) is 12.1 Å². The number of nitrogens with zero attached hydrogens (tertiary/aromatic N) is 2. The molecular weight excluding hydrogens is 294 g/mol. The van der Waals surface area contributed by atoms with Crippen LogP contribution >= 0.6 is 15.9 Å². The normalized spacial score (nSPS) is 10.4. The van der Waals surface area contributed by atoms with E-state index in [1.165, 1.54) is 0 Å². The lowest BCUT2D eigenvalue weighted by Gasteiger charge is -2.05. The Bertz CT molecular complexity index is 560. The third-order valence-corrected chi connectivity index (χ3v) is 3.19. The van der Waals surface area contributed by atoms with Crippen molar-refractivity contribution in [3.63, 3.8) is 0 Å². The fraction of sp³-hybridized carbons (Fsp3) is 0.231. The van der Waals surface area contributed by atoms with Gasteiger partial charge in [0.05, 0.1) is 23.1 Å². The number of hydrogen-bond donors (Lipinski definition) is 1. The maximum Gasteiger partial charge on any atom is 0.254 e. The van der Waals surface area contributed by atoms with Gasteiger partial charge in [-0.15, -0.1) is 0 Å². The minimum atomic E-state index is -0.0849. The summed E-state index contributed by atoms with van der Waals surface area (Å²) >= 11 is 3.39. The summed E-state index contributed by atoms with van der Waals surface area (Å²) in [5, 5.41) is 7.04. The summed E-state index contributed by atoms with van der Waals surface area (Å²) in [5.41, 5.74) is 2.38. The summed E-state index contributed by atoms with van der Waals surface area (Å²) in [6, 6.07) is 7.79. The van der Waals surface area contributed by atoms with Crippen molar-refractivity contribution >= 4 is 21.8 Å². The zero-order chi connectivity index (χ0) is 13.1. The molecule has 1 amide bonds. The summed E-state index contributed by atoms with van der Waals surface area (Å²) < 4.78 is 2.77. The number of amides is 1. The van der Waals surface area contributed by atoms with E-state index in [2.05, 4.69) is 26.3 Å². The molecule has 2 aromatic rings. The summed E-state index contributed by atoms with van der Waals surface area (Å²) in [7, 11) is 0. The number of carbonyl (C=O) groups is 1. The summed E-state index contributed by atoms with van der Waals surface area (Å²) in [6.07, 6.45) is 1.60. The van der Waals surface area contributed by atoms with Crippen LogP contribution in [0.3, 0.4) is 0 Å². The molecular formula is C13H14BrN3O. The molecule has 0 aliphatic rings. The Morgan fingerprint density at radius 3 is 2.67 bits per heavy atom. The van der Waals surface area contributed by atoms with Crippen LogP contribution in [0.2, 0.25) is 0 Å². The first kappa shape index (κ1) is 12.8. The summed E-state index contributed by atoms with van der Waals surface area (Å²) in [6.45, 7) is 4.40.